The lowest BCUT2D eigenvalue weighted by atomic mass is 10.2. The van der Waals surface area contributed by atoms with Crippen molar-refractivity contribution in [1.82, 2.24) is 19.4 Å². The maximum absolute atomic E-state index is 13.1. The summed E-state index contributed by atoms with van der Waals surface area (Å²) in [5.74, 6) is -0.109. The van der Waals surface area contributed by atoms with Gasteiger partial charge in [0.15, 0.2) is 0 Å². The minimum atomic E-state index is -0.109. The number of amides is 1. The van der Waals surface area contributed by atoms with Crippen LogP contribution in [-0.2, 0) is 17.8 Å². The van der Waals surface area contributed by atoms with Crippen LogP contribution in [0.3, 0.4) is 0 Å². The van der Waals surface area contributed by atoms with Crippen molar-refractivity contribution in [2.45, 2.75) is 33.0 Å². The van der Waals surface area contributed by atoms with Gasteiger partial charge in [-0.2, -0.15) is 0 Å². The molecule has 1 N–H and O–H groups in total. The molecule has 1 amide bonds. The van der Waals surface area contributed by atoms with E-state index in [2.05, 4.69) is 51.5 Å². The van der Waals surface area contributed by atoms with Crippen molar-refractivity contribution in [1.29, 1.82) is 0 Å². The van der Waals surface area contributed by atoms with Crippen LogP contribution >= 0.6 is 0 Å². The second-order valence-corrected chi connectivity index (χ2v) is 7.39. The van der Waals surface area contributed by atoms with Crippen LogP contribution in [0.1, 0.15) is 36.1 Å². The first-order valence-corrected chi connectivity index (χ1v) is 9.91. The second kappa shape index (κ2) is 8.09. The van der Waals surface area contributed by atoms with Gasteiger partial charge in [-0.15, -0.1) is 0 Å². The summed E-state index contributed by atoms with van der Waals surface area (Å²) in [6.07, 6.45) is 1.73. The molecule has 3 heterocycles. The number of hydrogen-bond donors (Lipinski definition) is 1. The Morgan fingerprint density at radius 1 is 1.14 bits per heavy atom. The molecule has 0 radical (unpaired) electrons. The first-order valence-electron chi connectivity index (χ1n) is 9.91. The summed E-state index contributed by atoms with van der Waals surface area (Å²) in [6, 6.07) is 16.3. The Bertz CT molecular complexity index is 1140. The van der Waals surface area contributed by atoms with Crippen molar-refractivity contribution in [3.05, 3.63) is 66.1 Å². The number of rotatable bonds is 7. The van der Waals surface area contributed by atoms with E-state index in [0.717, 1.165) is 22.1 Å². The van der Waals surface area contributed by atoms with Gasteiger partial charge in [0.1, 0.15) is 5.69 Å². The Morgan fingerprint density at radius 3 is 2.66 bits per heavy atom. The number of aromatic nitrogens is 3. The van der Waals surface area contributed by atoms with Gasteiger partial charge in [0.2, 0.25) is 0 Å². The van der Waals surface area contributed by atoms with E-state index < -0.39 is 0 Å². The van der Waals surface area contributed by atoms with Crippen molar-refractivity contribution >= 4 is 27.8 Å². The summed E-state index contributed by atoms with van der Waals surface area (Å²) in [5.41, 5.74) is 4.80. The average molecular weight is 390 g/mol. The minimum Gasteiger partial charge on any atom is -0.383 e. The highest BCUT2D eigenvalue weighted by atomic mass is 16.5. The third-order valence-corrected chi connectivity index (χ3v) is 5.18. The highest BCUT2D eigenvalue weighted by molar-refractivity contribution is 6.10. The zero-order valence-electron chi connectivity index (χ0n) is 17.1. The van der Waals surface area contributed by atoms with E-state index in [1.807, 2.05) is 30.3 Å². The SMILES string of the molecule is COCCn1c(C(=O)NCc2ccccn2)cc2c1c1ccccc1n2C(C)C. The van der Waals surface area contributed by atoms with Crippen molar-refractivity contribution in [3.63, 3.8) is 0 Å². The first kappa shape index (κ1) is 19.2. The van der Waals surface area contributed by atoms with Gasteiger partial charge in [0.05, 0.1) is 35.4 Å². The molecule has 0 atom stereocenters. The highest BCUT2D eigenvalue weighted by Gasteiger charge is 2.22. The lowest BCUT2D eigenvalue weighted by Gasteiger charge is -2.11. The molecule has 0 saturated heterocycles. The van der Waals surface area contributed by atoms with Gasteiger partial charge < -0.3 is 19.2 Å². The monoisotopic (exact) mass is 390 g/mol. The molecule has 0 unspecified atom stereocenters. The third-order valence-electron chi connectivity index (χ3n) is 5.18. The number of ether oxygens (including phenoxy) is 1. The number of nitrogens with zero attached hydrogens (tertiary/aromatic N) is 3. The molecule has 4 rings (SSSR count). The molecule has 3 aromatic heterocycles. The second-order valence-electron chi connectivity index (χ2n) is 7.39. The molecule has 4 aromatic rings. The van der Waals surface area contributed by atoms with E-state index in [4.69, 9.17) is 4.74 Å². The molecular formula is C23H26N4O2. The van der Waals surface area contributed by atoms with Gasteiger partial charge in [-0.25, -0.2) is 0 Å². The highest BCUT2D eigenvalue weighted by Crippen LogP contribution is 2.34. The standard InChI is InChI=1S/C23H26N4O2/c1-16(2)27-19-10-5-4-9-18(19)22-20(27)14-21(26(22)12-13-29-3)23(28)25-15-17-8-6-7-11-24-17/h4-11,14,16H,12-13,15H2,1-3H3,(H,25,28). The predicted molar refractivity (Wildman–Crippen MR) is 115 cm³/mol. The van der Waals surface area contributed by atoms with Crippen LogP contribution in [0, 0.1) is 0 Å². The van der Waals surface area contributed by atoms with Crippen molar-refractivity contribution < 1.29 is 9.53 Å². The normalized spacial score (nSPS) is 11.6. The van der Waals surface area contributed by atoms with Crippen LogP contribution in [-0.4, -0.2) is 33.7 Å². The van der Waals surface area contributed by atoms with Crippen LogP contribution in [0.2, 0.25) is 0 Å². The number of nitrogens with one attached hydrogen (secondary N) is 1. The van der Waals surface area contributed by atoms with E-state index in [-0.39, 0.29) is 11.9 Å². The number of pyridine rings is 1. The molecule has 0 spiro atoms. The average Bonchev–Trinajstić information content (AvgIpc) is 3.25. The Kier molecular flexibility index (Phi) is 5.36. The van der Waals surface area contributed by atoms with Gasteiger partial charge >= 0.3 is 0 Å². The zero-order valence-corrected chi connectivity index (χ0v) is 17.1. The number of para-hydroxylation sites is 1. The molecular weight excluding hydrogens is 364 g/mol. The largest absolute Gasteiger partial charge is 0.383 e. The molecule has 6 heteroatoms. The summed E-state index contributed by atoms with van der Waals surface area (Å²) in [7, 11) is 1.68. The fourth-order valence-electron chi connectivity index (χ4n) is 3.94. The Balaban J connectivity index is 1.80. The zero-order chi connectivity index (χ0) is 20.4. The van der Waals surface area contributed by atoms with Crippen molar-refractivity contribution in [2.75, 3.05) is 13.7 Å². The van der Waals surface area contributed by atoms with Gasteiger partial charge in [-0.05, 0) is 38.1 Å². The summed E-state index contributed by atoms with van der Waals surface area (Å²) in [5, 5.41) is 4.16. The van der Waals surface area contributed by atoms with Crippen molar-refractivity contribution in [3.8, 4) is 0 Å². The Morgan fingerprint density at radius 2 is 1.93 bits per heavy atom. The van der Waals surface area contributed by atoms with Crippen LogP contribution in [0.5, 0.6) is 0 Å². The summed E-state index contributed by atoms with van der Waals surface area (Å²) < 4.78 is 9.70. The number of fused-ring (bicyclic) bond motifs is 3. The lowest BCUT2D eigenvalue weighted by molar-refractivity contribution is 0.0939. The fraction of sp³-hybridized carbons (Fsp3) is 0.304. The van der Waals surface area contributed by atoms with E-state index in [1.54, 1.807) is 13.3 Å². The van der Waals surface area contributed by atoms with Crippen LogP contribution < -0.4 is 5.32 Å². The number of hydrogen-bond acceptors (Lipinski definition) is 3. The van der Waals surface area contributed by atoms with Crippen LogP contribution in [0.25, 0.3) is 21.9 Å². The molecule has 6 nitrogen and oxygen atoms in total. The molecule has 0 aliphatic heterocycles. The quantitative estimate of drug-likeness (QED) is 0.516. The molecule has 0 saturated carbocycles. The van der Waals surface area contributed by atoms with E-state index in [1.165, 1.54) is 5.52 Å². The molecule has 1 aromatic carbocycles. The Labute approximate surface area is 170 Å². The summed E-state index contributed by atoms with van der Waals surface area (Å²) in [6.45, 7) is 5.87. The van der Waals surface area contributed by atoms with Crippen LogP contribution in [0.4, 0.5) is 0 Å². The number of methoxy groups -OCH3 is 1. The topological polar surface area (TPSA) is 61.1 Å². The maximum Gasteiger partial charge on any atom is 0.268 e. The fourth-order valence-corrected chi connectivity index (χ4v) is 3.94. The number of benzene rings is 1. The summed E-state index contributed by atoms with van der Waals surface area (Å²) in [4.78, 5) is 17.4. The van der Waals surface area contributed by atoms with Crippen molar-refractivity contribution in [2.24, 2.45) is 0 Å². The van der Waals surface area contributed by atoms with E-state index in [0.29, 0.717) is 25.4 Å². The molecule has 0 aliphatic carbocycles. The minimum absolute atomic E-state index is 0.109. The molecule has 0 bridgehead atoms. The van der Waals surface area contributed by atoms with Gasteiger partial charge in [-0.3, -0.25) is 9.78 Å². The third kappa shape index (κ3) is 3.51. The van der Waals surface area contributed by atoms with E-state index >= 15 is 0 Å². The van der Waals surface area contributed by atoms with Crippen LogP contribution in [0.15, 0.2) is 54.7 Å². The van der Waals surface area contributed by atoms with Gasteiger partial charge in [0, 0.05) is 31.3 Å². The molecule has 150 valence electrons. The molecule has 29 heavy (non-hydrogen) atoms. The summed E-state index contributed by atoms with van der Waals surface area (Å²) >= 11 is 0. The van der Waals surface area contributed by atoms with E-state index in [9.17, 15) is 4.79 Å². The predicted octanol–water partition coefficient (Wildman–Crippen LogP) is 4.15. The van der Waals surface area contributed by atoms with Gasteiger partial charge in [-0.1, -0.05) is 24.3 Å². The van der Waals surface area contributed by atoms with Gasteiger partial charge in [0.25, 0.3) is 5.91 Å². The molecule has 0 aliphatic rings. The lowest BCUT2D eigenvalue weighted by Crippen LogP contribution is -2.26. The molecule has 0 fully saturated rings. The maximum atomic E-state index is 13.1. The first-order chi connectivity index (χ1) is 14.1. The number of carbonyl (C=O) groups is 1. The Hall–Kier alpha value is -3.12. The smallest absolute Gasteiger partial charge is 0.268 e. The number of carbonyl (C=O) groups excluding carboxylic acids is 1.